The molecule has 20 atom stereocenters. The summed E-state index contributed by atoms with van der Waals surface area (Å²) in [6.45, 7) is 24.3. The molecule has 2 amide bonds. The van der Waals surface area contributed by atoms with Crippen molar-refractivity contribution in [2.24, 2.45) is 63.1 Å². The van der Waals surface area contributed by atoms with E-state index in [9.17, 15) is 33.9 Å². The second-order valence-electron chi connectivity index (χ2n) is 32.5. The van der Waals surface area contributed by atoms with Gasteiger partial charge in [0.05, 0.1) is 36.0 Å². The minimum absolute atomic E-state index is 0.0456. The zero-order chi connectivity index (χ0) is 72.0. The number of ketones is 1. The summed E-state index contributed by atoms with van der Waals surface area (Å²) < 4.78 is 55.8. The van der Waals surface area contributed by atoms with E-state index >= 15 is 9.59 Å². The lowest BCUT2D eigenvalue weighted by Gasteiger charge is -2.67. The second-order valence-corrected chi connectivity index (χ2v) is 32.5. The molecule has 1 heterocycles. The number of rotatable bonds is 23. The molecule has 544 valence electrons. The number of methoxy groups -OCH3 is 2. The minimum atomic E-state index is -2.36. The molecule has 5 saturated carbocycles. The number of hydrogen-bond acceptors (Lipinski definition) is 18. The van der Waals surface area contributed by atoms with Gasteiger partial charge in [-0.1, -0.05) is 134 Å². The first kappa shape index (κ1) is 75.2. The summed E-state index contributed by atoms with van der Waals surface area (Å²) in [5, 5.41) is 19.5. The van der Waals surface area contributed by atoms with Crippen LogP contribution in [0.4, 0.5) is 4.79 Å². The van der Waals surface area contributed by atoms with Crippen molar-refractivity contribution >= 4 is 47.6 Å². The molecule has 20 nitrogen and oxygen atoms in total. The van der Waals surface area contributed by atoms with Crippen molar-refractivity contribution in [1.82, 2.24) is 10.6 Å². The van der Waals surface area contributed by atoms with Crippen molar-refractivity contribution in [1.29, 1.82) is 0 Å². The summed E-state index contributed by atoms with van der Waals surface area (Å²) in [5.41, 5.74) is -5.83. The summed E-state index contributed by atoms with van der Waals surface area (Å²) in [6, 6.07) is 14.7. The fourth-order valence-corrected chi connectivity index (χ4v) is 20.0. The molecule has 1 saturated heterocycles. The number of allylic oxidation sites excluding steroid dienone is 1. The molecular weight excluding hydrogens is 1260 g/mol. The van der Waals surface area contributed by atoms with Gasteiger partial charge in [0, 0.05) is 52.2 Å². The molecule has 0 aromatic heterocycles. The summed E-state index contributed by atoms with van der Waals surface area (Å²) >= 11 is 0. The van der Waals surface area contributed by atoms with Crippen LogP contribution in [0.1, 0.15) is 215 Å². The number of nitrogens with one attached hydrogen (secondary N) is 2. The number of carbonyl (C=O) groups is 8. The molecule has 7 aliphatic carbocycles. The van der Waals surface area contributed by atoms with Crippen LogP contribution in [0.15, 0.2) is 83.5 Å². The Morgan fingerprint density at radius 2 is 1.52 bits per heavy atom. The van der Waals surface area contributed by atoms with E-state index in [-0.39, 0.29) is 46.8 Å². The van der Waals surface area contributed by atoms with Crippen molar-refractivity contribution in [3.05, 3.63) is 94.6 Å². The second kappa shape index (κ2) is 29.5. The van der Waals surface area contributed by atoms with E-state index in [0.717, 1.165) is 42.9 Å². The monoisotopic (exact) mass is 1370 g/mol. The highest BCUT2D eigenvalue weighted by Crippen LogP contribution is 2.69. The van der Waals surface area contributed by atoms with Crippen molar-refractivity contribution in [2.75, 3.05) is 27.4 Å². The van der Waals surface area contributed by atoms with Gasteiger partial charge < -0.3 is 58.4 Å². The molecule has 0 spiro atoms. The number of amides is 2. The van der Waals surface area contributed by atoms with Gasteiger partial charge in [-0.2, -0.15) is 0 Å². The first-order chi connectivity index (χ1) is 46.7. The quantitative estimate of drug-likeness (QED) is 0.0530. The Morgan fingerprint density at radius 3 is 2.15 bits per heavy atom. The SMILES string of the molecule is CCC(C)CCCC(C)C1CCC2C3CC=C4C[C@@H](OC(=O)CNC(=O)CCC(=O)O[C@@H](C(=O)O[C@H]5C[C@@]6(O)[C@@H](OC(=O)c7ccccc7)[C@@H]7[C@]8(OC(C)=O)CO[C@@H]8C[C@H](OC)[C@@]7(C)C(=O)[C@H](OC)C(=C5C)C6(C)C)[C@@H](NC(=O)OC(C)(C)C)c5ccccc5)CC[C@]4(C)C3CC[C@]12C. The van der Waals surface area contributed by atoms with E-state index in [1.807, 2.05) is 0 Å². The Bertz CT molecular complexity index is 3400. The Kier molecular flexibility index (Phi) is 22.4. The lowest BCUT2D eigenvalue weighted by atomic mass is 9.44. The van der Waals surface area contributed by atoms with E-state index < -0.39 is 150 Å². The van der Waals surface area contributed by atoms with Crippen molar-refractivity contribution < 1.29 is 86.1 Å². The largest absolute Gasteiger partial charge is 0.461 e. The van der Waals surface area contributed by atoms with Crippen LogP contribution in [0.2, 0.25) is 0 Å². The average Bonchev–Trinajstić information content (AvgIpc) is 1.02. The molecule has 2 aromatic rings. The maximum Gasteiger partial charge on any atom is 0.408 e. The molecule has 8 aliphatic rings. The number of Topliss-reactive ketones (excluding diaryl/α,β-unsaturated/α-hetero) is 1. The van der Waals surface area contributed by atoms with Gasteiger partial charge in [0.15, 0.2) is 11.4 Å². The molecule has 1 aliphatic heterocycles. The number of esters is 5. The highest BCUT2D eigenvalue weighted by Gasteiger charge is 2.78. The zero-order valence-corrected chi connectivity index (χ0v) is 61.1. The molecule has 6 fully saturated rings. The van der Waals surface area contributed by atoms with Gasteiger partial charge in [-0.15, -0.1) is 0 Å². The van der Waals surface area contributed by atoms with E-state index in [4.69, 9.17) is 42.6 Å². The Labute approximate surface area is 585 Å². The van der Waals surface area contributed by atoms with E-state index in [1.54, 1.807) is 97.0 Å². The number of benzene rings is 2. The molecule has 6 unspecified atom stereocenters. The lowest BCUT2D eigenvalue weighted by molar-refractivity contribution is -0.347. The Balaban J connectivity index is 0.865. The molecule has 2 bridgehead atoms. The normalized spacial score (nSPS) is 34.7. The summed E-state index contributed by atoms with van der Waals surface area (Å²) in [4.78, 5) is 115. The number of aliphatic hydroxyl groups is 1. The maximum absolute atomic E-state index is 16.0. The van der Waals surface area contributed by atoms with Crippen molar-refractivity contribution in [3.8, 4) is 0 Å². The fraction of sp³-hybridized carbons (Fsp3) is 0.696. The number of alkyl carbamates (subject to hydrolysis) is 1. The van der Waals surface area contributed by atoms with Crippen LogP contribution in [0.3, 0.4) is 0 Å². The number of hydrogen-bond donors (Lipinski definition) is 3. The number of fused-ring (bicyclic) bond motifs is 10. The smallest absolute Gasteiger partial charge is 0.408 e. The predicted octanol–water partition coefficient (Wildman–Crippen LogP) is 12.4. The topological polar surface area (TPSA) is 264 Å². The summed E-state index contributed by atoms with van der Waals surface area (Å²) in [6.07, 6.45) is 4.57. The van der Waals surface area contributed by atoms with Gasteiger partial charge >= 0.3 is 35.9 Å². The average molecular weight is 1380 g/mol. The van der Waals surface area contributed by atoms with Crippen LogP contribution in [0.5, 0.6) is 0 Å². The van der Waals surface area contributed by atoms with Crippen LogP contribution in [-0.2, 0) is 71.4 Å². The maximum atomic E-state index is 16.0. The Hall–Kier alpha value is -6.48. The van der Waals surface area contributed by atoms with Gasteiger partial charge in [-0.25, -0.2) is 14.4 Å². The van der Waals surface area contributed by atoms with Gasteiger partial charge in [0.2, 0.25) is 12.0 Å². The van der Waals surface area contributed by atoms with Crippen LogP contribution < -0.4 is 10.6 Å². The molecule has 20 heteroatoms. The highest BCUT2D eigenvalue weighted by atomic mass is 16.6. The third-order valence-corrected chi connectivity index (χ3v) is 25.4. The standard InChI is InChI=1S/C79H110N2O18/c1-16-45(2)24-23-25-46(3)54-32-33-55-53-31-30-51-40-52(36-38-75(51,11)56(53)37-39-76(54,55)12)94-62(85)43-80-60(83)34-35-61(84)96-66(64(49-26-19-17-20-27-49)81-72(89)99-73(6,7)8)71(88)95-57-42-79(90)69(97-70(87)50-28-21-18-22-29-50)67-77(13,68(86)65(92-15)63(47(57)4)74(79,9)10)58(91-14)41-59-78(67,44-93-59)98-48(5)82/h17-22,26-30,45-46,52-59,64-67,69,90H,16,23-25,31-44H2,1-15H3,(H,80,83)(H,81,89)/t45?,46?,52-,53?,54?,55?,56?,57-,58-,59+,64-,65+,66+,67-,69-,75-,76+,77+,78-,79+/m0/s1. The number of carbonyl (C=O) groups excluding carboxylic acids is 8. The van der Waals surface area contributed by atoms with E-state index in [0.29, 0.717) is 23.7 Å². The third kappa shape index (κ3) is 14.4. The molecule has 10 rings (SSSR count). The molecule has 99 heavy (non-hydrogen) atoms. The van der Waals surface area contributed by atoms with Crippen LogP contribution in [0.25, 0.3) is 0 Å². The van der Waals surface area contributed by atoms with Crippen molar-refractivity contribution in [3.63, 3.8) is 0 Å². The Morgan fingerprint density at radius 1 is 0.818 bits per heavy atom. The van der Waals surface area contributed by atoms with Crippen LogP contribution in [-0.4, -0.2) is 140 Å². The first-order valence-corrected chi connectivity index (χ1v) is 36.4. The number of ether oxygens (including phenoxy) is 9. The highest BCUT2D eigenvalue weighted by molar-refractivity contribution is 5.94. The molecule has 0 radical (unpaired) electrons. The van der Waals surface area contributed by atoms with Gasteiger partial charge in [0.1, 0.15) is 54.3 Å². The molecule has 2 aromatic carbocycles. The minimum Gasteiger partial charge on any atom is -0.461 e. The predicted molar refractivity (Wildman–Crippen MR) is 367 cm³/mol. The van der Waals surface area contributed by atoms with Gasteiger partial charge in [0.25, 0.3) is 0 Å². The third-order valence-electron chi connectivity index (χ3n) is 25.4. The van der Waals surface area contributed by atoms with Crippen LogP contribution >= 0.6 is 0 Å². The van der Waals surface area contributed by atoms with Crippen LogP contribution in [0, 0.1) is 63.1 Å². The summed E-state index contributed by atoms with van der Waals surface area (Å²) in [5.74, 6) is -2.90. The summed E-state index contributed by atoms with van der Waals surface area (Å²) in [7, 11) is 2.75. The van der Waals surface area contributed by atoms with E-state index in [1.165, 1.54) is 90.2 Å². The zero-order valence-electron chi connectivity index (χ0n) is 61.1. The fourth-order valence-electron chi connectivity index (χ4n) is 20.0. The van der Waals surface area contributed by atoms with Crippen molar-refractivity contribution in [2.45, 2.75) is 258 Å². The molecular formula is C79H110N2O18. The first-order valence-electron chi connectivity index (χ1n) is 36.4. The van der Waals surface area contributed by atoms with Gasteiger partial charge in [-0.05, 0) is 155 Å². The van der Waals surface area contributed by atoms with E-state index in [2.05, 4.69) is 51.3 Å². The van der Waals surface area contributed by atoms with Gasteiger partial charge in [-0.3, -0.25) is 24.0 Å². The lowest BCUT2D eigenvalue weighted by Crippen LogP contribution is -2.82. The molecule has 3 N–H and O–H groups in total.